The Balaban J connectivity index is 1.60. The fourth-order valence-corrected chi connectivity index (χ4v) is 4.96. The zero-order valence-electron chi connectivity index (χ0n) is 20.4. The molecule has 1 aliphatic rings. The molecule has 1 saturated carbocycles. The van der Waals surface area contributed by atoms with E-state index in [0.29, 0.717) is 23.6 Å². The molecule has 11 heteroatoms. The van der Waals surface area contributed by atoms with Crippen molar-refractivity contribution in [1.82, 2.24) is 9.97 Å². The SMILES string of the molecule is C[C@@H]1C[C@H](N)C[C@H](c2ccncc2CC(=O)c2ccc(F)c(-c3c(F)cc(OCC(F)(F)F)cc3F)n2)C1. The molecule has 0 radical (unpaired) electrons. The molecule has 0 amide bonds. The predicted molar refractivity (Wildman–Crippen MR) is 127 cm³/mol. The van der Waals surface area contributed by atoms with Crippen LogP contribution in [0.2, 0.25) is 0 Å². The molecular weight excluding hydrogens is 512 g/mol. The fraction of sp³-hybridized carbons (Fsp3) is 0.370. The number of hydrogen-bond donors (Lipinski definition) is 1. The summed E-state index contributed by atoms with van der Waals surface area (Å²) in [6.45, 7) is 0.360. The van der Waals surface area contributed by atoms with Crippen molar-refractivity contribution in [3.63, 3.8) is 0 Å². The highest BCUT2D eigenvalue weighted by Gasteiger charge is 2.30. The molecule has 202 valence electrons. The highest BCUT2D eigenvalue weighted by molar-refractivity contribution is 5.96. The normalized spacial score (nSPS) is 19.8. The van der Waals surface area contributed by atoms with Crippen molar-refractivity contribution in [2.75, 3.05) is 6.61 Å². The van der Waals surface area contributed by atoms with Crippen molar-refractivity contribution in [1.29, 1.82) is 0 Å². The summed E-state index contributed by atoms with van der Waals surface area (Å²) in [5, 5.41) is 0. The minimum atomic E-state index is -4.72. The van der Waals surface area contributed by atoms with Crippen LogP contribution in [-0.4, -0.2) is 34.6 Å². The molecule has 3 aromatic rings. The summed E-state index contributed by atoms with van der Waals surface area (Å²) >= 11 is 0. The van der Waals surface area contributed by atoms with Gasteiger partial charge < -0.3 is 10.5 Å². The Morgan fingerprint density at radius 2 is 1.76 bits per heavy atom. The molecule has 2 N–H and O–H groups in total. The molecule has 2 heterocycles. The molecule has 2 aromatic heterocycles. The van der Waals surface area contributed by atoms with Crippen LogP contribution in [-0.2, 0) is 6.42 Å². The molecule has 1 aliphatic carbocycles. The van der Waals surface area contributed by atoms with Gasteiger partial charge in [-0.2, -0.15) is 13.2 Å². The Hall–Kier alpha value is -3.47. The van der Waals surface area contributed by atoms with Crippen LogP contribution in [0.3, 0.4) is 0 Å². The van der Waals surface area contributed by atoms with E-state index in [0.717, 1.165) is 37.0 Å². The first-order valence-electron chi connectivity index (χ1n) is 12.0. The number of alkyl halides is 3. The van der Waals surface area contributed by atoms with E-state index in [9.17, 15) is 31.1 Å². The first-order chi connectivity index (χ1) is 17.9. The molecule has 1 aromatic carbocycles. The van der Waals surface area contributed by atoms with Crippen LogP contribution in [0.25, 0.3) is 11.3 Å². The Morgan fingerprint density at radius 3 is 2.42 bits per heavy atom. The van der Waals surface area contributed by atoms with Crippen LogP contribution in [0.5, 0.6) is 5.75 Å². The molecule has 1 fully saturated rings. The summed E-state index contributed by atoms with van der Waals surface area (Å²) in [4.78, 5) is 21.1. The van der Waals surface area contributed by atoms with E-state index < -0.39 is 53.0 Å². The second kappa shape index (κ2) is 11.1. The Bertz CT molecular complexity index is 1300. The zero-order chi connectivity index (χ0) is 27.6. The standard InChI is InChI=1S/C27H25F6N3O2/c1-14-6-15(8-17(34)7-14)19-4-5-35-12-16(19)9-24(37)23-3-2-20(28)26(36-23)25-21(29)10-18(11-22(25)30)38-13-27(31,32)33/h2-5,10-12,14-15,17H,6-9,13,34H2,1H3/t14-,15+,17-/m0/s1. The largest absolute Gasteiger partial charge is 0.484 e. The molecule has 0 spiro atoms. The van der Waals surface area contributed by atoms with Gasteiger partial charge in [0, 0.05) is 37.0 Å². The van der Waals surface area contributed by atoms with E-state index >= 15 is 0 Å². The molecule has 3 atom stereocenters. The lowest BCUT2D eigenvalue weighted by Crippen LogP contribution is -2.31. The first kappa shape index (κ1) is 27.6. The highest BCUT2D eigenvalue weighted by Crippen LogP contribution is 2.37. The van der Waals surface area contributed by atoms with Gasteiger partial charge in [0.2, 0.25) is 0 Å². The minimum Gasteiger partial charge on any atom is -0.484 e. The van der Waals surface area contributed by atoms with Gasteiger partial charge in [-0.05, 0) is 60.4 Å². The number of carbonyl (C=O) groups excluding carboxylic acids is 1. The van der Waals surface area contributed by atoms with Crippen molar-refractivity contribution in [2.45, 2.75) is 50.7 Å². The maximum atomic E-state index is 14.7. The number of halogens is 6. The van der Waals surface area contributed by atoms with Gasteiger partial charge in [-0.3, -0.25) is 9.78 Å². The third kappa shape index (κ3) is 6.50. The van der Waals surface area contributed by atoms with E-state index in [1.54, 1.807) is 12.4 Å². The number of ketones is 1. The number of ether oxygens (including phenoxy) is 1. The molecule has 0 aliphatic heterocycles. The number of pyridine rings is 2. The maximum Gasteiger partial charge on any atom is 0.422 e. The van der Waals surface area contributed by atoms with Crippen molar-refractivity contribution >= 4 is 5.78 Å². The number of carbonyl (C=O) groups is 1. The number of benzene rings is 1. The lowest BCUT2D eigenvalue weighted by atomic mass is 9.75. The van der Waals surface area contributed by atoms with Crippen LogP contribution < -0.4 is 10.5 Å². The second-order valence-corrected chi connectivity index (χ2v) is 9.64. The first-order valence-corrected chi connectivity index (χ1v) is 12.0. The smallest absolute Gasteiger partial charge is 0.422 e. The Morgan fingerprint density at radius 1 is 1.05 bits per heavy atom. The number of hydrogen-bond acceptors (Lipinski definition) is 5. The molecule has 0 saturated heterocycles. The number of rotatable bonds is 7. The van der Waals surface area contributed by atoms with Gasteiger partial charge in [-0.15, -0.1) is 0 Å². The average Bonchev–Trinajstić information content (AvgIpc) is 2.82. The van der Waals surface area contributed by atoms with E-state index in [1.807, 2.05) is 6.07 Å². The molecule has 4 rings (SSSR count). The van der Waals surface area contributed by atoms with Gasteiger partial charge in [-0.1, -0.05) is 6.92 Å². The minimum absolute atomic E-state index is 0.0387. The van der Waals surface area contributed by atoms with Crippen LogP contribution in [0.15, 0.2) is 42.7 Å². The fourth-order valence-electron chi connectivity index (χ4n) is 4.96. The Kier molecular flexibility index (Phi) is 8.05. The van der Waals surface area contributed by atoms with E-state index in [-0.39, 0.29) is 24.1 Å². The summed E-state index contributed by atoms with van der Waals surface area (Å²) in [7, 11) is 0. The number of nitrogens with two attached hydrogens (primary N) is 1. The molecular formula is C27H25F6N3O2. The predicted octanol–water partition coefficient (Wildman–Crippen LogP) is 6.16. The summed E-state index contributed by atoms with van der Waals surface area (Å²) < 4.78 is 85.4. The number of Topliss-reactive ketones (excluding diaryl/α,β-unsaturated/α-hetero) is 1. The van der Waals surface area contributed by atoms with Crippen molar-refractivity contribution in [3.05, 3.63) is 77.0 Å². The van der Waals surface area contributed by atoms with Crippen LogP contribution in [0, 0.1) is 23.4 Å². The summed E-state index contributed by atoms with van der Waals surface area (Å²) in [5.74, 6) is -4.61. The molecule has 0 unspecified atom stereocenters. The topological polar surface area (TPSA) is 78.1 Å². The summed E-state index contributed by atoms with van der Waals surface area (Å²) in [6.07, 6.45) is 0.937. The van der Waals surface area contributed by atoms with Crippen molar-refractivity contribution in [3.8, 4) is 17.0 Å². The van der Waals surface area contributed by atoms with Crippen LogP contribution in [0.1, 0.15) is 53.7 Å². The van der Waals surface area contributed by atoms with E-state index in [4.69, 9.17) is 5.73 Å². The van der Waals surface area contributed by atoms with Gasteiger partial charge in [0.05, 0.1) is 5.56 Å². The highest BCUT2D eigenvalue weighted by atomic mass is 19.4. The molecule has 0 bridgehead atoms. The zero-order valence-corrected chi connectivity index (χ0v) is 20.4. The van der Waals surface area contributed by atoms with Crippen molar-refractivity contribution in [2.24, 2.45) is 11.7 Å². The van der Waals surface area contributed by atoms with Crippen LogP contribution >= 0.6 is 0 Å². The van der Waals surface area contributed by atoms with Gasteiger partial charge in [0.15, 0.2) is 12.4 Å². The maximum absolute atomic E-state index is 14.7. The van der Waals surface area contributed by atoms with Gasteiger partial charge >= 0.3 is 6.18 Å². The lowest BCUT2D eigenvalue weighted by Gasteiger charge is -2.32. The second-order valence-electron chi connectivity index (χ2n) is 9.64. The molecule has 38 heavy (non-hydrogen) atoms. The third-order valence-electron chi connectivity index (χ3n) is 6.50. The van der Waals surface area contributed by atoms with Gasteiger partial charge in [-0.25, -0.2) is 18.2 Å². The molecule has 5 nitrogen and oxygen atoms in total. The average molecular weight is 538 g/mol. The summed E-state index contributed by atoms with van der Waals surface area (Å²) in [6, 6.07) is 4.84. The van der Waals surface area contributed by atoms with E-state index in [1.165, 1.54) is 0 Å². The Labute approximate surface area is 215 Å². The third-order valence-corrected chi connectivity index (χ3v) is 6.50. The monoisotopic (exact) mass is 537 g/mol. The lowest BCUT2D eigenvalue weighted by molar-refractivity contribution is -0.153. The van der Waals surface area contributed by atoms with Gasteiger partial charge in [0.25, 0.3) is 0 Å². The van der Waals surface area contributed by atoms with Gasteiger partial charge in [0.1, 0.15) is 34.6 Å². The van der Waals surface area contributed by atoms with E-state index in [2.05, 4.69) is 21.6 Å². The number of aromatic nitrogens is 2. The summed E-state index contributed by atoms with van der Waals surface area (Å²) in [5.41, 5.74) is 5.84. The van der Waals surface area contributed by atoms with Crippen LogP contribution in [0.4, 0.5) is 26.3 Å². The van der Waals surface area contributed by atoms with Crippen molar-refractivity contribution < 1.29 is 35.9 Å². The number of nitrogens with zero attached hydrogens (tertiary/aromatic N) is 2. The quantitative estimate of drug-likeness (QED) is 0.289.